The first kappa shape index (κ1) is 9.48. The largest absolute Gasteiger partial charge is 0.481 e. The minimum Gasteiger partial charge on any atom is -0.481 e. The van der Waals surface area contributed by atoms with Gasteiger partial charge >= 0.3 is 5.97 Å². The molecule has 0 aliphatic carbocycles. The van der Waals surface area contributed by atoms with Crippen molar-refractivity contribution in [2.24, 2.45) is 5.41 Å². The third-order valence-corrected chi connectivity index (χ3v) is 2.68. The number of aliphatic hydroxyl groups excluding tert-OH is 1. The van der Waals surface area contributed by atoms with E-state index >= 15 is 0 Å². The molecule has 0 radical (unpaired) electrons. The van der Waals surface area contributed by atoms with Crippen molar-refractivity contribution in [2.75, 3.05) is 13.2 Å². The highest BCUT2D eigenvalue weighted by Gasteiger charge is 2.47. The Labute approximate surface area is 71.2 Å². The van der Waals surface area contributed by atoms with E-state index in [9.17, 15) is 4.79 Å². The van der Waals surface area contributed by atoms with E-state index in [-0.39, 0.29) is 19.1 Å². The van der Waals surface area contributed by atoms with Crippen LogP contribution in [0.3, 0.4) is 0 Å². The van der Waals surface area contributed by atoms with Gasteiger partial charge in [-0.2, -0.15) is 0 Å². The lowest BCUT2D eigenvalue weighted by molar-refractivity contribution is -0.153. The van der Waals surface area contributed by atoms with E-state index in [2.05, 4.69) is 0 Å². The van der Waals surface area contributed by atoms with Crippen LogP contribution in [0.15, 0.2) is 0 Å². The predicted molar refractivity (Wildman–Crippen MR) is 41.8 cm³/mol. The van der Waals surface area contributed by atoms with Crippen molar-refractivity contribution >= 4 is 5.97 Å². The molecule has 1 rings (SSSR count). The molecule has 2 atom stereocenters. The van der Waals surface area contributed by atoms with Crippen LogP contribution in [-0.2, 0) is 9.53 Å². The first-order valence-corrected chi connectivity index (χ1v) is 4.09. The zero-order valence-electron chi connectivity index (χ0n) is 7.12. The van der Waals surface area contributed by atoms with Crippen LogP contribution >= 0.6 is 0 Å². The van der Waals surface area contributed by atoms with Crippen LogP contribution in [0.2, 0.25) is 0 Å². The van der Waals surface area contributed by atoms with Gasteiger partial charge in [-0.25, -0.2) is 0 Å². The molecule has 0 amide bonds. The number of carboxylic acid groups (broad SMARTS) is 1. The van der Waals surface area contributed by atoms with Gasteiger partial charge in [-0.05, 0) is 19.8 Å². The van der Waals surface area contributed by atoms with E-state index in [0.717, 1.165) is 0 Å². The van der Waals surface area contributed by atoms with E-state index in [0.29, 0.717) is 13.0 Å². The number of aliphatic hydroxyl groups is 1. The third kappa shape index (κ3) is 1.32. The van der Waals surface area contributed by atoms with Crippen molar-refractivity contribution in [1.29, 1.82) is 0 Å². The minimum atomic E-state index is -0.860. The van der Waals surface area contributed by atoms with Gasteiger partial charge in [-0.1, -0.05) is 0 Å². The average molecular weight is 174 g/mol. The molecular formula is C8H14O4. The van der Waals surface area contributed by atoms with Crippen LogP contribution in [0.5, 0.6) is 0 Å². The monoisotopic (exact) mass is 174 g/mol. The Morgan fingerprint density at radius 1 is 1.75 bits per heavy atom. The Bertz CT molecular complexity index is 180. The first-order valence-electron chi connectivity index (χ1n) is 4.09. The Balaban J connectivity index is 2.77. The topological polar surface area (TPSA) is 66.8 Å². The second-order valence-electron chi connectivity index (χ2n) is 3.20. The summed E-state index contributed by atoms with van der Waals surface area (Å²) in [5.74, 6) is -0.860. The Hall–Kier alpha value is -0.610. The number of carbonyl (C=O) groups is 1. The molecule has 1 saturated heterocycles. The van der Waals surface area contributed by atoms with Gasteiger partial charge in [-0.3, -0.25) is 4.79 Å². The second kappa shape index (κ2) is 3.41. The van der Waals surface area contributed by atoms with Gasteiger partial charge in [0.15, 0.2) is 0 Å². The molecule has 12 heavy (non-hydrogen) atoms. The lowest BCUT2D eigenvalue weighted by Gasteiger charge is -2.26. The van der Waals surface area contributed by atoms with Crippen molar-refractivity contribution in [1.82, 2.24) is 0 Å². The highest BCUT2D eigenvalue weighted by molar-refractivity contribution is 5.75. The average Bonchev–Trinajstić information content (AvgIpc) is 2.34. The van der Waals surface area contributed by atoms with Gasteiger partial charge in [0, 0.05) is 13.2 Å². The lowest BCUT2D eigenvalue weighted by Crippen LogP contribution is -2.38. The summed E-state index contributed by atoms with van der Waals surface area (Å²) in [4.78, 5) is 10.9. The number of rotatable bonds is 3. The summed E-state index contributed by atoms with van der Waals surface area (Å²) in [6.45, 7) is 2.13. The molecule has 1 heterocycles. The van der Waals surface area contributed by atoms with Crippen LogP contribution in [0, 0.1) is 5.41 Å². The van der Waals surface area contributed by atoms with Gasteiger partial charge in [-0.15, -0.1) is 0 Å². The van der Waals surface area contributed by atoms with Crippen molar-refractivity contribution in [3.8, 4) is 0 Å². The number of hydrogen-bond acceptors (Lipinski definition) is 3. The molecule has 0 spiro atoms. The maximum absolute atomic E-state index is 10.9. The summed E-state index contributed by atoms with van der Waals surface area (Å²) < 4.78 is 5.19. The Morgan fingerprint density at radius 3 is 2.75 bits per heavy atom. The summed E-state index contributed by atoms with van der Waals surface area (Å²) in [7, 11) is 0. The fraction of sp³-hybridized carbons (Fsp3) is 0.875. The van der Waals surface area contributed by atoms with Crippen molar-refractivity contribution in [2.45, 2.75) is 25.9 Å². The van der Waals surface area contributed by atoms with Gasteiger partial charge in [0.1, 0.15) is 0 Å². The van der Waals surface area contributed by atoms with E-state index in [4.69, 9.17) is 14.9 Å². The molecule has 4 heteroatoms. The first-order chi connectivity index (χ1) is 5.63. The zero-order valence-corrected chi connectivity index (χ0v) is 7.12. The van der Waals surface area contributed by atoms with Gasteiger partial charge in [0.2, 0.25) is 0 Å². The van der Waals surface area contributed by atoms with E-state index in [1.54, 1.807) is 6.92 Å². The van der Waals surface area contributed by atoms with Crippen LogP contribution in [0.4, 0.5) is 0 Å². The molecular weight excluding hydrogens is 160 g/mol. The predicted octanol–water partition coefficient (Wildman–Crippen LogP) is 0.249. The van der Waals surface area contributed by atoms with Gasteiger partial charge < -0.3 is 14.9 Å². The fourth-order valence-corrected chi connectivity index (χ4v) is 1.70. The second-order valence-corrected chi connectivity index (χ2v) is 3.20. The minimum absolute atomic E-state index is 0.0972. The molecule has 2 unspecified atom stereocenters. The van der Waals surface area contributed by atoms with Crippen molar-refractivity contribution < 1.29 is 19.7 Å². The molecule has 1 fully saturated rings. The van der Waals surface area contributed by atoms with Crippen molar-refractivity contribution in [3.63, 3.8) is 0 Å². The molecule has 0 bridgehead atoms. The standard InChI is InChI=1S/C8H14O4/c1-6-8(2-4-9,7(10)11)3-5-12-6/h6,9H,2-5H2,1H3,(H,10,11). The van der Waals surface area contributed by atoms with E-state index < -0.39 is 11.4 Å². The van der Waals surface area contributed by atoms with Gasteiger partial charge in [0.05, 0.1) is 11.5 Å². The summed E-state index contributed by atoms with van der Waals surface area (Å²) >= 11 is 0. The molecule has 0 aromatic heterocycles. The number of hydrogen-bond donors (Lipinski definition) is 2. The number of ether oxygens (including phenoxy) is 1. The van der Waals surface area contributed by atoms with E-state index in [1.165, 1.54) is 0 Å². The van der Waals surface area contributed by atoms with Crippen LogP contribution in [-0.4, -0.2) is 35.5 Å². The molecule has 0 aromatic carbocycles. The SMILES string of the molecule is CC1OCCC1(CCO)C(=O)O. The lowest BCUT2D eigenvalue weighted by atomic mass is 9.79. The highest BCUT2D eigenvalue weighted by Crippen LogP contribution is 2.38. The van der Waals surface area contributed by atoms with Crippen molar-refractivity contribution in [3.05, 3.63) is 0 Å². The molecule has 4 nitrogen and oxygen atoms in total. The van der Waals surface area contributed by atoms with E-state index in [1.807, 2.05) is 0 Å². The fourth-order valence-electron chi connectivity index (χ4n) is 1.70. The van der Waals surface area contributed by atoms with Crippen LogP contribution in [0.25, 0.3) is 0 Å². The maximum atomic E-state index is 10.9. The normalized spacial score (nSPS) is 35.3. The number of carboxylic acids is 1. The van der Waals surface area contributed by atoms with Crippen LogP contribution in [0.1, 0.15) is 19.8 Å². The maximum Gasteiger partial charge on any atom is 0.312 e. The summed E-state index contributed by atoms with van der Waals surface area (Å²) in [6, 6.07) is 0. The molecule has 2 N–H and O–H groups in total. The molecule has 0 saturated carbocycles. The summed E-state index contributed by atoms with van der Waals surface area (Å²) in [6.07, 6.45) is 0.496. The third-order valence-electron chi connectivity index (χ3n) is 2.68. The summed E-state index contributed by atoms with van der Waals surface area (Å²) in [5.41, 5.74) is -0.852. The number of aliphatic carboxylic acids is 1. The highest BCUT2D eigenvalue weighted by atomic mass is 16.5. The smallest absolute Gasteiger partial charge is 0.312 e. The Kier molecular flexibility index (Phi) is 2.69. The molecule has 1 aliphatic rings. The molecule has 70 valence electrons. The molecule has 1 aliphatic heterocycles. The molecule has 0 aromatic rings. The zero-order chi connectivity index (χ0) is 9.19. The summed E-state index contributed by atoms with van der Waals surface area (Å²) in [5, 5.41) is 17.7. The quantitative estimate of drug-likeness (QED) is 0.643. The van der Waals surface area contributed by atoms with Gasteiger partial charge in [0.25, 0.3) is 0 Å². The Morgan fingerprint density at radius 2 is 2.42 bits per heavy atom. The van der Waals surface area contributed by atoms with Crippen LogP contribution < -0.4 is 0 Å².